The predicted octanol–water partition coefficient (Wildman–Crippen LogP) is 4.65. The number of likely N-dealkylation sites (N-methyl/N-ethyl adjacent to an activating group) is 1. The normalized spacial score (nSPS) is 38.8. The quantitative estimate of drug-likeness (QED) is 0.264. The van der Waals surface area contributed by atoms with Gasteiger partial charge in [0.25, 0.3) is 0 Å². The summed E-state index contributed by atoms with van der Waals surface area (Å²) in [7, 11) is 6.17. The molecule has 3 nitrogen and oxygen atoms in total. The predicted molar refractivity (Wildman–Crippen MR) is 146 cm³/mol. The lowest BCUT2D eigenvalue weighted by molar-refractivity contribution is -0.862. The number of nitrogens with zero attached hydrogens (tertiary/aromatic N) is 1. The fourth-order valence-electron chi connectivity index (χ4n) is 9.36. The monoisotopic (exact) mass is 521 g/mol. The zero-order chi connectivity index (χ0) is 25.6. The fraction of sp³-hybridized carbons (Fsp3) is 0.906. The second-order valence-electron chi connectivity index (χ2n) is 15.1. The van der Waals surface area contributed by atoms with E-state index in [0.29, 0.717) is 21.9 Å². The molecule has 4 heteroatoms. The molecule has 0 aromatic rings. The molecule has 0 amide bonds. The summed E-state index contributed by atoms with van der Waals surface area (Å²) in [5.41, 5.74) is 2.50. The van der Waals surface area contributed by atoms with Crippen molar-refractivity contribution >= 4 is 5.97 Å². The van der Waals surface area contributed by atoms with Crippen LogP contribution < -0.4 is 12.4 Å². The Hall–Kier alpha value is -0.540. The molecule has 4 rings (SSSR count). The zero-order valence-corrected chi connectivity index (χ0v) is 25.5. The number of ether oxygens (including phenoxy) is 1. The van der Waals surface area contributed by atoms with Gasteiger partial charge < -0.3 is 21.6 Å². The van der Waals surface area contributed by atoms with Gasteiger partial charge in [-0.25, -0.2) is 4.79 Å². The van der Waals surface area contributed by atoms with Gasteiger partial charge in [0, 0.05) is 6.42 Å². The molecule has 208 valence electrons. The SMILES string of the molecule is CC(C)CCC[C@@H](C)[C@H]1CC[C@H]2[C@@H]3CC=C4C[C@@H](OC(=O)C[N+](C)(C)C)CC[C@]4(C)[C@H]3CC[C@]12C.[Cl-]. The molecule has 3 fully saturated rings. The van der Waals surface area contributed by atoms with Crippen molar-refractivity contribution in [2.75, 3.05) is 27.7 Å². The van der Waals surface area contributed by atoms with E-state index >= 15 is 0 Å². The minimum absolute atomic E-state index is 0. The Kier molecular flexibility index (Phi) is 9.41. The van der Waals surface area contributed by atoms with Crippen molar-refractivity contribution in [2.24, 2.45) is 46.3 Å². The highest BCUT2D eigenvalue weighted by Crippen LogP contribution is 2.67. The van der Waals surface area contributed by atoms with Crippen molar-refractivity contribution in [3.63, 3.8) is 0 Å². The van der Waals surface area contributed by atoms with E-state index in [4.69, 9.17) is 4.74 Å². The summed E-state index contributed by atoms with van der Waals surface area (Å²) < 4.78 is 6.61. The molecule has 4 aliphatic rings. The van der Waals surface area contributed by atoms with E-state index in [2.05, 4.69) is 61.8 Å². The molecule has 0 unspecified atom stereocenters. The third-order valence-electron chi connectivity index (χ3n) is 11.2. The van der Waals surface area contributed by atoms with Crippen LogP contribution in [0.15, 0.2) is 11.6 Å². The minimum Gasteiger partial charge on any atom is -1.00 e. The van der Waals surface area contributed by atoms with Crippen LogP contribution in [0, 0.1) is 46.3 Å². The average Bonchev–Trinajstić information content (AvgIpc) is 3.09. The van der Waals surface area contributed by atoms with Crippen molar-refractivity contribution in [3.05, 3.63) is 11.6 Å². The van der Waals surface area contributed by atoms with Crippen LogP contribution in [0.3, 0.4) is 0 Å². The van der Waals surface area contributed by atoms with Gasteiger partial charge in [0.15, 0.2) is 6.54 Å². The maximum atomic E-state index is 12.5. The molecule has 0 spiro atoms. The Morgan fingerprint density at radius 3 is 2.42 bits per heavy atom. The Morgan fingerprint density at radius 1 is 1.03 bits per heavy atom. The Bertz CT molecular complexity index is 800. The van der Waals surface area contributed by atoms with E-state index in [1.54, 1.807) is 5.57 Å². The van der Waals surface area contributed by atoms with Crippen molar-refractivity contribution in [1.29, 1.82) is 0 Å². The van der Waals surface area contributed by atoms with Crippen molar-refractivity contribution in [1.82, 2.24) is 0 Å². The summed E-state index contributed by atoms with van der Waals surface area (Å²) in [6, 6.07) is 0. The Labute approximate surface area is 229 Å². The van der Waals surface area contributed by atoms with Gasteiger partial charge in [-0.3, -0.25) is 0 Å². The minimum atomic E-state index is -0.0340. The average molecular weight is 522 g/mol. The molecule has 4 aliphatic carbocycles. The molecule has 0 radical (unpaired) electrons. The first-order valence-electron chi connectivity index (χ1n) is 15.0. The summed E-state index contributed by atoms with van der Waals surface area (Å²) in [6.45, 7) is 13.0. The molecule has 0 aromatic heterocycles. The van der Waals surface area contributed by atoms with Crippen LogP contribution in [0.4, 0.5) is 0 Å². The fourth-order valence-corrected chi connectivity index (χ4v) is 9.36. The number of fused-ring (bicyclic) bond motifs is 5. The first kappa shape index (κ1) is 30.0. The van der Waals surface area contributed by atoms with Crippen LogP contribution in [-0.4, -0.2) is 44.2 Å². The maximum Gasteiger partial charge on any atom is 0.362 e. The van der Waals surface area contributed by atoms with E-state index in [0.717, 1.165) is 48.3 Å². The lowest BCUT2D eigenvalue weighted by Gasteiger charge is -2.58. The van der Waals surface area contributed by atoms with Crippen molar-refractivity contribution in [2.45, 2.75) is 111 Å². The van der Waals surface area contributed by atoms with Crippen LogP contribution in [0.1, 0.15) is 105 Å². The lowest BCUT2D eigenvalue weighted by Crippen LogP contribution is -3.00. The highest BCUT2D eigenvalue weighted by molar-refractivity contribution is 5.70. The summed E-state index contributed by atoms with van der Waals surface area (Å²) in [6.07, 6.45) is 17.2. The van der Waals surface area contributed by atoms with Gasteiger partial charge in [0.2, 0.25) is 0 Å². The van der Waals surface area contributed by atoms with Gasteiger partial charge in [-0.2, -0.15) is 0 Å². The van der Waals surface area contributed by atoms with Crippen LogP contribution >= 0.6 is 0 Å². The van der Waals surface area contributed by atoms with Gasteiger partial charge in [0.05, 0.1) is 21.1 Å². The molecule has 3 saturated carbocycles. The highest BCUT2D eigenvalue weighted by atomic mass is 35.5. The van der Waals surface area contributed by atoms with Crippen LogP contribution in [0.25, 0.3) is 0 Å². The third-order valence-corrected chi connectivity index (χ3v) is 11.2. The van der Waals surface area contributed by atoms with Gasteiger partial charge >= 0.3 is 5.97 Å². The van der Waals surface area contributed by atoms with E-state index in [1.165, 1.54) is 57.8 Å². The summed E-state index contributed by atoms with van der Waals surface area (Å²) in [5.74, 6) is 5.22. The molecular formula is C32H56ClNO2. The molecule has 36 heavy (non-hydrogen) atoms. The topological polar surface area (TPSA) is 26.3 Å². The van der Waals surface area contributed by atoms with Crippen LogP contribution in [-0.2, 0) is 9.53 Å². The number of rotatable bonds is 8. The van der Waals surface area contributed by atoms with Crippen molar-refractivity contribution < 1.29 is 26.4 Å². The largest absolute Gasteiger partial charge is 1.00 e. The molecule has 0 bridgehead atoms. The number of halogens is 1. The Balaban J connectivity index is 0.00000361. The second kappa shape index (κ2) is 11.3. The summed E-state index contributed by atoms with van der Waals surface area (Å²) in [4.78, 5) is 12.5. The number of esters is 1. The standard InChI is InChI=1S/C32H56NO2.ClH/c1-22(2)10-9-11-23(3)27-14-15-28-26-13-12-24-20-25(35-30(34)21-33(6,7)8)16-18-31(24,4)29(26)17-19-32(27,28)5;/h12,22-23,25-29H,9-11,13-21H2,1-8H3;1H/q+1;/p-1/t23-,25+,26+,27-,28+,29+,31+,32-;/m1./s1. The van der Waals surface area contributed by atoms with Crippen molar-refractivity contribution in [3.8, 4) is 0 Å². The number of carbonyl (C=O) groups is 1. The van der Waals surface area contributed by atoms with Gasteiger partial charge in [0.1, 0.15) is 6.10 Å². The van der Waals surface area contributed by atoms with Crippen LogP contribution in [0.5, 0.6) is 0 Å². The molecule has 0 aromatic carbocycles. The Morgan fingerprint density at radius 2 is 1.75 bits per heavy atom. The molecule has 8 atom stereocenters. The molecular weight excluding hydrogens is 466 g/mol. The summed E-state index contributed by atoms with van der Waals surface area (Å²) in [5, 5.41) is 0. The number of quaternary nitrogens is 1. The first-order chi connectivity index (χ1) is 16.3. The second-order valence-corrected chi connectivity index (χ2v) is 15.1. The third kappa shape index (κ3) is 6.03. The number of hydrogen-bond acceptors (Lipinski definition) is 2. The van der Waals surface area contributed by atoms with Crippen LogP contribution in [0.2, 0.25) is 0 Å². The van der Waals surface area contributed by atoms with Gasteiger partial charge in [-0.15, -0.1) is 0 Å². The maximum absolute atomic E-state index is 12.5. The molecule has 0 aliphatic heterocycles. The molecule has 0 saturated heterocycles. The van der Waals surface area contributed by atoms with E-state index < -0.39 is 0 Å². The summed E-state index contributed by atoms with van der Waals surface area (Å²) >= 11 is 0. The highest BCUT2D eigenvalue weighted by Gasteiger charge is 2.59. The zero-order valence-electron chi connectivity index (χ0n) is 24.7. The van der Waals surface area contributed by atoms with Gasteiger partial charge in [-0.1, -0.05) is 65.5 Å². The molecule has 0 heterocycles. The number of hydrogen-bond donors (Lipinski definition) is 0. The van der Waals surface area contributed by atoms with Gasteiger partial charge in [-0.05, 0) is 91.3 Å². The van der Waals surface area contributed by atoms with E-state index in [1.807, 2.05) is 0 Å². The first-order valence-corrected chi connectivity index (χ1v) is 15.0. The number of allylic oxidation sites excluding steroid dienone is 1. The lowest BCUT2D eigenvalue weighted by atomic mass is 9.47. The van der Waals surface area contributed by atoms with E-state index in [9.17, 15) is 4.79 Å². The smallest absolute Gasteiger partial charge is 0.362 e. The molecule has 0 N–H and O–H groups in total. The number of carbonyl (C=O) groups excluding carboxylic acids is 1. The van der Waals surface area contributed by atoms with E-state index in [-0.39, 0.29) is 24.5 Å².